The van der Waals surface area contributed by atoms with E-state index in [1.165, 1.54) is 99.1 Å². The van der Waals surface area contributed by atoms with Gasteiger partial charge in [-0.15, -0.1) is 0 Å². The summed E-state index contributed by atoms with van der Waals surface area (Å²) in [6.07, 6.45) is 2.45. The van der Waals surface area contributed by atoms with Gasteiger partial charge in [-0.3, -0.25) is 0 Å². The molecule has 50 heavy (non-hydrogen) atoms. The summed E-state index contributed by atoms with van der Waals surface area (Å²) in [4.78, 5) is 0. The van der Waals surface area contributed by atoms with Crippen molar-refractivity contribution in [2.75, 3.05) is 0 Å². The molecule has 0 bridgehead atoms. The molecule has 10 rings (SSSR count). The molecule has 2 aliphatic carbocycles. The van der Waals surface area contributed by atoms with Gasteiger partial charge in [-0.05, 0) is 123 Å². The van der Waals surface area contributed by atoms with Crippen LogP contribution in [0, 0.1) is 0 Å². The van der Waals surface area contributed by atoms with E-state index in [1.54, 1.807) is 0 Å². The van der Waals surface area contributed by atoms with Crippen LogP contribution in [-0.2, 0) is 10.8 Å². The average Bonchev–Trinajstić information content (AvgIpc) is 3.55. The predicted octanol–water partition coefficient (Wildman–Crippen LogP) is 13.6. The Kier molecular flexibility index (Phi) is 6.07. The fourth-order valence-corrected chi connectivity index (χ4v) is 9.26. The molecule has 238 valence electrons. The minimum atomic E-state index is -0.131. The third kappa shape index (κ3) is 4.06. The Morgan fingerprint density at radius 3 is 1.78 bits per heavy atom. The van der Waals surface area contributed by atoms with E-state index in [-0.39, 0.29) is 10.8 Å². The molecule has 0 atom stereocenters. The molecule has 0 N–H and O–H groups in total. The standard InChI is InChI=1S/C50H38/c1-49(2)43-19-11-7-15-35(43)30-46(49)48-39-18-9-8-17-38(39)47(36-24-26-45-41(29-36)37-16-10-12-20-44(37)50(45,3)4)42-28-34(23-25-40(42)48)33-22-21-31-13-5-6-14-32(31)27-33/h5-30H,1-4H3. The monoisotopic (exact) mass is 638 g/mol. The summed E-state index contributed by atoms with van der Waals surface area (Å²) in [5.74, 6) is 0. The Labute approximate surface area is 294 Å². The first kappa shape index (κ1) is 29.2. The van der Waals surface area contributed by atoms with Gasteiger partial charge in [0.1, 0.15) is 0 Å². The summed E-state index contributed by atoms with van der Waals surface area (Å²) in [6.45, 7) is 9.51. The van der Waals surface area contributed by atoms with Crippen LogP contribution in [0.15, 0.2) is 152 Å². The van der Waals surface area contributed by atoms with Gasteiger partial charge in [-0.2, -0.15) is 0 Å². The molecule has 0 heterocycles. The van der Waals surface area contributed by atoms with Crippen molar-refractivity contribution in [1.82, 2.24) is 0 Å². The maximum absolute atomic E-state index is 2.47. The smallest absolute Gasteiger partial charge is 0.0159 e. The summed E-state index contributed by atoms with van der Waals surface area (Å²) in [6, 6.07) is 57.0. The number of hydrogen-bond donors (Lipinski definition) is 0. The zero-order valence-corrected chi connectivity index (χ0v) is 29.0. The highest BCUT2D eigenvalue weighted by Gasteiger charge is 2.37. The first-order valence-electron chi connectivity index (χ1n) is 17.9. The van der Waals surface area contributed by atoms with Gasteiger partial charge in [0.25, 0.3) is 0 Å². The first-order valence-corrected chi connectivity index (χ1v) is 17.9. The molecule has 0 saturated carbocycles. The van der Waals surface area contributed by atoms with Crippen molar-refractivity contribution < 1.29 is 0 Å². The van der Waals surface area contributed by atoms with Gasteiger partial charge in [0.15, 0.2) is 0 Å². The second-order valence-corrected chi connectivity index (χ2v) is 15.3. The van der Waals surface area contributed by atoms with Gasteiger partial charge in [-0.1, -0.05) is 161 Å². The van der Waals surface area contributed by atoms with Gasteiger partial charge in [0.05, 0.1) is 0 Å². The molecule has 0 nitrogen and oxygen atoms in total. The van der Waals surface area contributed by atoms with E-state index in [0.717, 1.165) is 0 Å². The highest BCUT2D eigenvalue weighted by Crippen LogP contribution is 2.54. The third-order valence-corrected chi connectivity index (χ3v) is 11.9. The van der Waals surface area contributed by atoms with Crippen LogP contribution in [0.4, 0.5) is 0 Å². The lowest BCUT2D eigenvalue weighted by molar-refractivity contribution is 0.660. The quantitative estimate of drug-likeness (QED) is 0.169. The van der Waals surface area contributed by atoms with E-state index in [0.29, 0.717) is 0 Å². The Hall–Kier alpha value is -5.72. The molecule has 2 aliphatic rings. The van der Waals surface area contributed by atoms with Crippen molar-refractivity contribution >= 4 is 44.0 Å². The Bertz CT molecular complexity index is 2750. The predicted molar refractivity (Wildman–Crippen MR) is 215 cm³/mol. The van der Waals surface area contributed by atoms with E-state index in [9.17, 15) is 0 Å². The van der Waals surface area contributed by atoms with E-state index in [2.05, 4.69) is 185 Å². The Balaban J connectivity index is 1.30. The van der Waals surface area contributed by atoms with Crippen LogP contribution in [0.2, 0.25) is 0 Å². The maximum atomic E-state index is 2.47. The highest BCUT2D eigenvalue weighted by atomic mass is 14.4. The van der Waals surface area contributed by atoms with Crippen molar-refractivity contribution in [3.8, 4) is 33.4 Å². The zero-order chi connectivity index (χ0) is 33.8. The SMILES string of the molecule is CC1(C)C(c2c3ccccc3c(-c3ccc4c(c3)-c3ccccc3C4(C)C)c3cc(-c4ccc5ccccc5c4)ccc23)=Cc2ccccc21. The van der Waals surface area contributed by atoms with Crippen LogP contribution < -0.4 is 0 Å². The van der Waals surface area contributed by atoms with E-state index in [4.69, 9.17) is 0 Å². The molecule has 0 aliphatic heterocycles. The van der Waals surface area contributed by atoms with Crippen LogP contribution in [0.5, 0.6) is 0 Å². The second kappa shape index (κ2) is 10.4. The second-order valence-electron chi connectivity index (χ2n) is 15.3. The lowest BCUT2D eigenvalue weighted by Gasteiger charge is -2.28. The topological polar surface area (TPSA) is 0 Å². The van der Waals surface area contributed by atoms with Gasteiger partial charge < -0.3 is 0 Å². The van der Waals surface area contributed by atoms with Crippen molar-refractivity contribution in [2.24, 2.45) is 0 Å². The molecule has 0 radical (unpaired) electrons. The van der Waals surface area contributed by atoms with E-state index in [1.807, 2.05) is 0 Å². The summed E-state index contributed by atoms with van der Waals surface area (Å²) < 4.78 is 0. The summed E-state index contributed by atoms with van der Waals surface area (Å²) in [5, 5.41) is 7.73. The molecule has 0 spiro atoms. The van der Waals surface area contributed by atoms with E-state index < -0.39 is 0 Å². The fraction of sp³-hybridized carbons (Fsp3) is 0.120. The zero-order valence-electron chi connectivity index (χ0n) is 29.0. The van der Waals surface area contributed by atoms with Crippen LogP contribution >= 0.6 is 0 Å². The highest BCUT2D eigenvalue weighted by molar-refractivity contribution is 6.22. The van der Waals surface area contributed by atoms with Crippen LogP contribution in [-0.4, -0.2) is 0 Å². The number of fused-ring (bicyclic) bond motifs is 7. The minimum absolute atomic E-state index is 0.0305. The van der Waals surface area contributed by atoms with Crippen LogP contribution in [0.3, 0.4) is 0 Å². The number of hydrogen-bond acceptors (Lipinski definition) is 0. The number of rotatable bonds is 3. The molecule has 0 unspecified atom stereocenters. The molecule has 0 fully saturated rings. The van der Waals surface area contributed by atoms with Gasteiger partial charge in [0, 0.05) is 10.8 Å². The molecule has 0 saturated heterocycles. The molecule has 0 heteroatoms. The number of allylic oxidation sites excluding steroid dienone is 1. The van der Waals surface area contributed by atoms with E-state index >= 15 is 0 Å². The van der Waals surface area contributed by atoms with Gasteiger partial charge in [0.2, 0.25) is 0 Å². The maximum Gasteiger partial charge on any atom is 0.0159 e. The third-order valence-electron chi connectivity index (χ3n) is 11.9. The molecule has 0 amide bonds. The van der Waals surface area contributed by atoms with Crippen LogP contribution in [0.1, 0.15) is 55.5 Å². The number of benzene rings is 8. The Morgan fingerprint density at radius 2 is 0.960 bits per heavy atom. The van der Waals surface area contributed by atoms with Crippen molar-refractivity contribution in [1.29, 1.82) is 0 Å². The Morgan fingerprint density at radius 1 is 0.360 bits per heavy atom. The first-order chi connectivity index (χ1) is 24.3. The summed E-state index contributed by atoms with van der Waals surface area (Å²) in [7, 11) is 0. The minimum Gasteiger partial charge on any atom is -0.0619 e. The lowest BCUT2D eigenvalue weighted by Crippen LogP contribution is -2.16. The normalized spacial score (nSPS) is 15.2. The molecular weight excluding hydrogens is 601 g/mol. The molecule has 8 aromatic rings. The molecular formula is C50H38. The molecule has 0 aromatic heterocycles. The summed E-state index contributed by atoms with van der Waals surface area (Å²) in [5.41, 5.74) is 15.8. The van der Waals surface area contributed by atoms with Crippen molar-refractivity contribution in [3.05, 3.63) is 179 Å². The average molecular weight is 639 g/mol. The lowest BCUT2D eigenvalue weighted by atomic mass is 9.75. The molecule has 8 aromatic carbocycles. The largest absolute Gasteiger partial charge is 0.0619 e. The van der Waals surface area contributed by atoms with Crippen molar-refractivity contribution in [2.45, 2.75) is 38.5 Å². The van der Waals surface area contributed by atoms with Gasteiger partial charge in [-0.25, -0.2) is 0 Å². The van der Waals surface area contributed by atoms with Gasteiger partial charge >= 0.3 is 0 Å². The summed E-state index contributed by atoms with van der Waals surface area (Å²) >= 11 is 0. The fourth-order valence-electron chi connectivity index (χ4n) is 9.26. The van der Waals surface area contributed by atoms with Crippen LogP contribution in [0.25, 0.3) is 77.3 Å². The van der Waals surface area contributed by atoms with Crippen molar-refractivity contribution in [3.63, 3.8) is 0 Å².